The number of rotatable bonds is 13. The number of alkyl halides is 4. The highest BCUT2D eigenvalue weighted by Crippen LogP contribution is 2.32. The normalized spacial score (nSPS) is 13.1. The quantitative estimate of drug-likeness (QED) is 0.0705. The first-order chi connectivity index (χ1) is 20.5. The number of aryl methyl sites for hydroxylation is 1. The van der Waals surface area contributed by atoms with Gasteiger partial charge in [0.15, 0.2) is 5.82 Å². The van der Waals surface area contributed by atoms with Crippen LogP contribution in [0.4, 0.5) is 22.0 Å². The Balaban J connectivity index is 1.47. The second kappa shape index (κ2) is 14.1. The molecule has 0 saturated carbocycles. The van der Waals surface area contributed by atoms with E-state index < -0.39 is 30.4 Å². The second-order valence-corrected chi connectivity index (χ2v) is 10.5. The number of fused-ring (bicyclic) bond motifs is 1. The van der Waals surface area contributed by atoms with Gasteiger partial charge in [0.1, 0.15) is 24.2 Å². The minimum Gasteiger partial charge on any atom is -0.385 e. The van der Waals surface area contributed by atoms with E-state index in [0.29, 0.717) is 48.4 Å². The van der Waals surface area contributed by atoms with Crippen molar-refractivity contribution in [2.45, 2.75) is 44.4 Å². The molecule has 0 radical (unpaired) electrons. The molecule has 8 nitrogen and oxygen atoms in total. The predicted octanol–water partition coefficient (Wildman–Crippen LogP) is 5.19. The molecule has 2 heterocycles. The second-order valence-electron chi connectivity index (χ2n) is 10.1. The zero-order chi connectivity index (χ0) is 31.1. The van der Waals surface area contributed by atoms with Crippen LogP contribution < -0.4 is 22.5 Å². The van der Waals surface area contributed by atoms with E-state index >= 15 is 4.39 Å². The number of nitrogens with one attached hydrogen (secondary N) is 2. The highest BCUT2D eigenvalue weighted by Gasteiger charge is 2.35. The number of halogens is 6. The smallest absolute Gasteiger partial charge is 0.385 e. The molecular formula is C29H31ClF5N7O. The molecule has 1 atom stereocenters. The molecule has 2 aromatic heterocycles. The molecule has 4 rings (SSSR count). The van der Waals surface area contributed by atoms with E-state index in [4.69, 9.17) is 23.1 Å². The summed E-state index contributed by atoms with van der Waals surface area (Å²) < 4.78 is 66.8. The molecule has 0 aliphatic heterocycles. The Hall–Kier alpha value is -3.81. The van der Waals surface area contributed by atoms with Crippen LogP contribution in [0.3, 0.4) is 0 Å². The number of aromatic amines is 1. The van der Waals surface area contributed by atoms with Crippen molar-refractivity contribution in [2.75, 3.05) is 19.8 Å². The molecule has 0 bridgehead atoms. The predicted molar refractivity (Wildman–Crippen MR) is 158 cm³/mol. The third kappa shape index (κ3) is 8.39. The Bertz CT molecular complexity index is 1630. The maximum Gasteiger partial charge on any atom is 0.403 e. The van der Waals surface area contributed by atoms with E-state index in [9.17, 15) is 22.4 Å². The monoisotopic (exact) mass is 623 g/mol. The highest BCUT2D eigenvalue weighted by atomic mass is 35.5. The van der Waals surface area contributed by atoms with Gasteiger partial charge in [-0.2, -0.15) is 18.2 Å². The first kappa shape index (κ1) is 32.1. The molecule has 6 N–H and O–H groups in total. The third-order valence-electron chi connectivity index (χ3n) is 6.79. The van der Waals surface area contributed by atoms with E-state index in [1.165, 1.54) is 16.7 Å². The van der Waals surface area contributed by atoms with Crippen LogP contribution in [0, 0.1) is 5.82 Å². The molecule has 230 valence electrons. The van der Waals surface area contributed by atoms with E-state index in [1.807, 2.05) is 12.1 Å². The fourth-order valence-corrected chi connectivity index (χ4v) is 4.72. The Labute approximate surface area is 249 Å². The Morgan fingerprint density at radius 3 is 2.58 bits per heavy atom. The first-order valence-corrected chi connectivity index (χ1v) is 13.9. The summed E-state index contributed by atoms with van der Waals surface area (Å²) in [5, 5.41) is 3.62. The number of nitrogens with two attached hydrogens (primary N) is 2. The lowest BCUT2D eigenvalue weighted by atomic mass is 10.0. The lowest BCUT2D eigenvalue weighted by Gasteiger charge is -2.15. The minimum absolute atomic E-state index is 0.0116. The number of H-pyrrole nitrogens is 1. The van der Waals surface area contributed by atoms with Gasteiger partial charge in [0.25, 0.3) is 0 Å². The molecule has 0 fully saturated rings. The number of hydrogen-bond donors (Lipinski definition) is 4. The summed E-state index contributed by atoms with van der Waals surface area (Å²) in [5.41, 5.74) is 12.7. The van der Waals surface area contributed by atoms with Crippen LogP contribution >= 0.6 is 11.6 Å². The van der Waals surface area contributed by atoms with Gasteiger partial charge in [-0.1, -0.05) is 23.7 Å². The largest absolute Gasteiger partial charge is 0.403 e. The maximum absolute atomic E-state index is 15.0. The summed E-state index contributed by atoms with van der Waals surface area (Å²) in [4.78, 5) is 23.8. The average Bonchev–Trinajstić information content (AvgIpc) is 3.38. The molecule has 0 spiro atoms. The number of aliphatic imine (C=N–C) groups is 1. The lowest BCUT2D eigenvalue weighted by molar-refractivity contribution is -0.149. The van der Waals surface area contributed by atoms with Crippen LogP contribution in [-0.4, -0.2) is 52.4 Å². The summed E-state index contributed by atoms with van der Waals surface area (Å²) in [5.74, 6) is -0.720. The summed E-state index contributed by atoms with van der Waals surface area (Å²) in [6, 6.07) is 9.86. The van der Waals surface area contributed by atoms with Crippen LogP contribution in [0.1, 0.15) is 30.4 Å². The van der Waals surface area contributed by atoms with Crippen molar-refractivity contribution >= 4 is 28.5 Å². The van der Waals surface area contributed by atoms with Crippen molar-refractivity contribution in [3.05, 3.63) is 81.1 Å². The van der Waals surface area contributed by atoms with Crippen LogP contribution in [0.15, 0.2) is 58.4 Å². The fraction of sp³-hybridized carbons (Fsp3) is 0.345. The SMILES string of the molecule is NC(CF)=NCCCNCc1ccc(-n2cc3cc(-c4cc(CCC[C@@H](N)C(F)(F)F)cc(Cl)c4F)[nH]c3nc2=O)cc1. The van der Waals surface area contributed by atoms with Gasteiger partial charge >= 0.3 is 11.9 Å². The van der Waals surface area contributed by atoms with Crippen molar-refractivity contribution in [3.63, 3.8) is 0 Å². The minimum atomic E-state index is -4.48. The van der Waals surface area contributed by atoms with Gasteiger partial charge in [0, 0.05) is 30.2 Å². The third-order valence-corrected chi connectivity index (χ3v) is 7.07. The van der Waals surface area contributed by atoms with Gasteiger partial charge in [-0.3, -0.25) is 9.56 Å². The van der Waals surface area contributed by atoms with Gasteiger partial charge < -0.3 is 21.8 Å². The Morgan fingerprint density at radius 1 is 1.14 bits per heavy atom. The van der Waals surface area contributed by atoms with Crippen LogP contribution in [-0.2, 0) is 13.0 Å². The van der Waals surface area contributed by atoms with Gasteiger partial charge in [0.2, 0.25) is 0 Å². The van der Waals surface area contributed by atoms with Crippen molar-refractivity contribution in [3.8, 4) is 16.9 Å². The van der Waals surface area contributed by atoms with Gasteiger partial charge in [0.05, 0.1) is 16.4 Å². The summed E-state index contributed by atoms with van der Waals surface area (Å²) in [7, 11) is 0. The van der Waals surface area contributed by atoms with Crippen LogP contribution in [0.25, 0.3) is 28.0 Å². The van der Waals surface area contributed by atoms with Gasteiger partial charge in [-0.15, -0.1) is 0 Å². The molecule has 43 heavy (non-hydrogen) atoms. The topological polar surface area (TPSA) is 127 Å². The standard InChI is InChI=1S/C29H31ClF5N7O/c30-22-12-18(3-1-4-24(36)29(33,34)35)11-21(26(22)32)23-13-19-16-42(28(43)41-27(19)40-23)20-7-5-17(6-8-20)15-38-9-2-10-39-25(37)14-31/h5-8,11-13,16,24,38H,1-4,9-10,14-15,36H2,(H2,37,39)(H,40,41,43)/t24-/m1/s1. The highest BCUT2D eigenvalue weighted by molar-refractivity contribution is 6.31. The molecule has 0 aliphatic carbocycles. The number of aromatic nitrogens is 3. The van der Waals surface area contributed by atoms with Crippen molar-refractivity contribution < 1.29 is 22.0 Å². The maximum atomic E-state index is 15.0. The molecular weight excluding hydrogens is 593 g/mol. The first-order valence-electron chi connectivity index (χ1n) is 13.5. The lowest BCUT2D eigenvalue weighted by Crippen LogP contribution is -2.37. The Morgan fingerprint density at radius 2 is 1.88 bits per heavy atom. The zero-order valence-electron chi connectivity index (χ0n) is 23.0. The molecule has 0 unspecified atom stereocenters. The molecule has 0 aliphatic rings. The van der Waals surface area contributed by atoms with E-state index in [0.717, 1.165) is 5.56 Å². The molecule has 0 amide bonds. The molecule has 2 aromatic carbocycles. The van der Waals surface area contributed by atoms with Crippen LogP contribution in [0.2, 0.25) is 5.02 Å². The number of nitrogens with zero attached hydrogens (tertiary/aromatic N) is 3. The number of benzene rings is 2. The van der Waals surface area contributed by atoms with E-state index in [-0.39, 0.29) is 41.3 Å². The summed E-state index contributed by atoms with van der Waals surface area (Å²) >= 11 is 6.11. The molecule has 0 saturated heterocycles. The van der Waals surface area contributed by atoms with Gasteiger partial charge in [-0.25, -0.2) is 13.6 Å². The fourth-order valence-electron chi connectivity index (χ4n) is 4.48. The van der Waals surface area contributed by atoms with Crippen molar-refractivity contribution in [2.24, 2.45) is 16.5 Å². The van der Waals surface area contributed by atoms with Crippen molar-refractivity contribution in [1.29, 1.82) is 0 Å². The Kier molecular flexibility index (Phi) is 10.5. The number of amidine groups is 1. The van der Waals surface area contributed by atoms with Gasteiger partial charge in [-0.05, 0) is 73.7 Å². The summed E-state index contributed by atoms with van der Waals surface area (Å²) in [6.45, 7) is 0.930. The average molecular weight is 624 g/mol. The summed E-state index contributed by atoms with van der Waals surface area (Å²) in [6.07, 6.45) is -2.11. The molecule has 4 aromatic rings. The van der Waals surface area contributed by atoms with E-state index in [1.54, 1.807) is 24.4 Å². The number of hydrogen-bond acceptors (Lipinski definition) is 5. The van der Waals surface area contributed by atoms with Crippen molar-refractivity contribution in [1.82, 2.24) is 19.9 Å². The van der Waals surface area contributed by atoms with Crippen LogP contribution in [0.5, 0.6) is 0 Å². The molecule has 14 heteroatoms. The van der Waals surface area contributed by atoms with E-state index in [2.05, 4.69) is 20.3 Å². The zero-order valence-corrected chi connectivity index (χ0v) is 23.8.